The molecule has 1 aliphatic rings. The smallest absolute Gasteiger partial charge is 0.254 e. The Balaban J connectivity index is 1.98. The van der Waals surface area contributed by atoms with E-state index in [1.165, 1.54) is 11.0 Å². The summed E-state index contributed by atoms with van der Waals surface area (Å²) in [5.74, 6) is -0.423. The maximum absolute atomic E-state index is 12.1. The van der Waals surface area contributed by atoms with Crippen molar-refractivity contribution in [3.63, 3.8) is 0 Å². The maximum Gasteiger partial charge on any atom is 0.254 e. The van der Waals surface area contributed by atoms with Crippen LogP contribution < -0.4 is 11.1 Å². The minimum Gasteiger partial charge on any atom is -0.399 e. The molecule has 0 aliphatic heterocycles. The maximum atomic E-state index is 12.1. The van der Waals surface area contributed by atoms with Gasteiger partial charge in [-0.2, -0.15) is 0 Å². The zero-order valence-electron chi connectivity index (χ0n) is 10.6. The number of nitrogens with two attached hydrogens (primary N) is 1. The quantitative estimate of drug-likeness (QED) is 0.816. The number of amides is 2. The Bertz CT molecular complexity index is 494. The van der Waals surface area contributed by atoms with Crippen molar-refractivity contribution >= 4 is 29.1 Å². The van der Waals surface area contributed by atoms with E-state index in [2.05, 4.69) is 5.32 Å². The first-order valence-electron chi connectivity index (χ1n) is 6.06. The first-order valence-corrected chi connectivity index (χ1v) is 6.44. The van der Waals surface area contributed by atoms with Crippen LogP contribution in [0.2, 0.25) is 5.02 Å². The minimum absolute atomic E-state index is 0.0295. The van der Waals surface area contributed by atoms with Gasteiger partial charge in [0.1, 0.15) is 0 Å². The van der Waals surface area contributed by atoms with Gasteiger partial charge in [0.25, 0.3) is 5.91 Å². The molecule has 1 fully saturated rings. The molecule has 1 aromatic rings. The fraction of sp³-hybridized carbons (Fsp3) is 0.385. The van der Waals surface area contributed by atoms with E-state index in [1.807, 2.05) is 0 Å². The molecular formula is C13H16ClN3O2. The second-order valence-electron chi connectivity index (χ2n) is 4.78. The lowest BCUT2D eigenvalue weighted by Gasteiger charge is -2.17. The monoisotopic (exact) mass is 281 g/mol. The van der Waals surface area contributed by atoms with E-state index < -0.39 is 0 Å². The molecule has 0 spiro atoms. The number of carbonyl (C=O) groups is 2. The molecule has 2 amide bonds. The van der Waals surface area contributed by atoms with Gasteiger partial charge in [-0.05, 0) is 31.0 Å². The molecule has 0 aromatic heterocycles. The van der Waals surface area contributed by atoms with Crippen molar-refractivity contribution in [3.8, 4) is 0 Å². The highest BCUT2D eigenvalue weighted by molar-refractivity contribution is 6.31. The summed E-state index contributed by atoms with van der Waals surface area (Å²) in [6.07, 6.45) is 2.04. The van der Waals surface area contributed by atoms with Crippen LogP contribution in [0.25, 0.3) is 0 Å². The van der Waals surface area contributed by atoms with Crippen LogP contribution in [0.4, 0.5) is 5.69 Å². The van der Waals surface area contributed by atoms with Crippen LogP contribution in [-0.2, 0) is 4.79 Å². The van der Waals surface area contributed by atoms with Gasteiger partial charge >= 0.3 is 0 Å². The van der Waals surface area contributed by atoms with Crippen LogP contribution in [0, 0.1) is 0 Å². The zero-order valence-corrected chi connectivity index (χ0v) is 11.4. The van der Waals surface area contributed by atoms with Crippen LogP contribution in [0.15, 0.2) is 18.2 Å². The standard InChI is InChI=1S/C13H16ClN3O2/c1-17(7-12(18)16-11-2-3-11)13(19)8-4-9(14)6-10(15)5-8/h4-6,11H,2-3,7,15H2,1H3,(H,16,18). The Hall–Kier alpha value is -1.75. The number of benzene rings is 1. The van der Waals surface area contributed by atoms with Gasteiger partial charge in [0.15, 0.2) is 0 Å². The number of carbonyl (C=O) groups excluding carboxylic acids is 2. The highest BCUT2D eigenvalue weighted by Crippen LogP contribution is 2.19. The van der Waals surface area contributed by atoms with Gasteiger partial charge in [0.2, 0.25) is 5.91 Å². The number of rotatable bonds is 4. The third-order valence-electron chi connectivity index (χ3n) is 2.84. The van der Waals surface area contributed by atoms with Gasteiger partial charge in [0, 0.05) is 29.4 Å². The molecule has 6 heteroatoms. The van der Waals surface area contributed by atoms with E-state index in [1.54, 1.807) is 19.2 Å². The Kier molecular flexibility index (Phi) is 3.95. The predicted octanol–water partition coefficient (Wildman–Crippen LogP) is 1.27. The Morgan fingerprint density at radius 3 is 2.68 bits per heavy atom. The summed E-state index contributed by atoms with van der Waals surface area (Å²) in [7, 11) is 1.58. The Labute approximate surface area is 116 Å². The average Bonchev–Trinajstić information content (AvgIpc) is 3.10. The number of nitrogens with one attached hydrogen (secondary N) is 1. The van der Waals surface area contributed by atoms with Crippen LogP contribution >= 0.6 is 11.6 Å². The molecule has 0 bridgehead atoms. The molecule has 102 valence electrons. The molecule has 1 aliphatic carbocycles. The second-order valence-corrected chi connectivity index (χ2v) is 5.21. The van der Waals surface area contributed by atoms with E-state index in [0.717, 1.165) is 12.8 Å². The minimum atomic E-state index is -0.278. The van der Waals surface area contributed by atoms with E-state index in [9.17, 15) is 9.59 Å². The number of likely N-dealkylation sites (N-methyl/N-ethyl adjacent to an activating group) is 1. The molecule has 2 rings (SSSR count). The summed E-state index contributed by atoms with van der Waals surface area (Å²) in [4.78, 5) is 25.1. The third kappa shape index (κ3) is 3.86. The van der Waals surface area contributed by atoms with Crippen molar-refractivity contribution in [2.75, 3.05) is 19.3 Å². The van der Waals surface area contributed by atoms with Crippen molar-refractivity contribution in [3.05, 3.63) is 28.8 Å². The van der Waals surface area contributed by atoms with Gasteiger partial charge in [0.05, 0.1) is 6.54 Å². The molecule has 0 radical (unpaired) electrons. The summed E-state index contributed by atoms with van der Waals surface area (Å²) in [6.45, 7) is 0.0295. The van der Waals surface area contributed by atoms with Gasteiger partial charge in [-0.15, -0.1) is 0 Å². The SMILES string of the molecule is CN(CC(=O)NC1CC1)C(=O)c1cc(N)cc(Cl)c1. The lowest BCUT2D eigenvalue weighted by Crippen LogP contribution is -2.39. The molecule has 0 atom stereocenters. The fourth-order valence-electron chi connectivity index (χ4n) is 1.74. The second kappa shape index (κ2) is 5.48. The average molecular weight is 282 g/mol. The lowest BCUT2D eigenvalue weighted by atomic mass is 10.2. The zero-order chi connectivity index (χ0) is 14.0. The van der Waals surface area contributed by atoms with E-state index >= 15 is 0 Å². The number of halogens is 1. The number of nitrogen functional groups attached to an aromatic ring is 1. The molecule has 19 heavy (non-hydrogen) atoms. The van der Waals surface area contributed by atoms with Gasteiger partial charge < -0.3 is 16.0 Å². The molecule has 1 aromatic carbocycles. The first kappa shape index (κ1) is 13.7. The van der Waals surface area contributed by atoms with Crippen LogP contribution in [-0.4, -0.2) is 36.3 Å². The third-order valence-corrected chi connectivity index (χ3v) is 3.06. The highest BCUT2D eigenvalue weighted by atomic mass is 35.5. The van der Waals surface area contributed by atoms with Crippen LogP contribution in [0.3, 0.4) is 0 Å². The van der Waals surface area contributed by atoms with Crippen LogP contribution in [0.5, 0.6) is 0 Å². The van der Waals surface area contributed by atoms with E-state index in [-0.39, 0.29) is 24.4 Å². The Morgan fingerprint density at radius 2 is 2.11 bits per heavy atom. The first-order chi connectivity index (χ1) is 8.95. The normalized spacial score (nSPS) is 14.0. The van der Waals surface area contributed by atoms with Crippen molar-refractivity contribution < 1.29 is 9.59 Å². The number of hydrogen-bond acceptors (Lipinski definition) is 3. The predicted molar refractivity (Wildman–Crippen MR) is 74.0 cm³/mol. The summed E-state index contributed by atoms with van der Waals surface area (Å²) in [6, 6.07) is 4.94. The summed E-state index contributed by atoms with van der Waals surface area (Å²) < 4.78 is 0. The molecule has 5 nitrogen and oxygen atoms in total. The van der Waals surface area contributed by atoms with Gasteiger partial charge in [-0.25, -0.2) is 0 Å². The highest BCUT2D eigenvalue weighted by Gasteiger charge is 2.24. The lowest BCUT2D eigenvalue weighted by molar-refractivity contribution is -0.121. The van der Waals surface area contributed by atoms with Crippen molar-refractivity contribution in [1.82, 2.24) is 10.2 Å². The summed E-state index contributed by atoms with van der Waals surface area (Å²) >= 11 is 5.85. The van der Waals surface area contributed by atoms with Crippen LogP contribution in [0.1, 0.15) is 23.2 Å². The largest absolute Gasteiger partial charge is 0.399 e. The number of anilines is 1. The van der Waals surface area contributed by atoms with Gasteiger partial charge in [-0.3, -0.25) is 9.59 Å². The van der Waals surface area contributed by atoms with Crippen molar-refractivity contribution in [2.45, 2.75) is 18.9 Å². The molecule has 1 saturated carbocycles. The molecule has 0 saturated heterocycles. The van der Waals surface area contributed by atoms with Crippen molar-refractivity contribution in [1.29, 1.82) is 0 Å². The van der Waals surface area contributed by atoms with E-state index in [4.69, 9.17) is 17.3 Å². The van der Waals surface area contributed by atoms with E-state index in [0.29, 0.717) is 16.3 Å². The molecule has 0 unspecified atom stereocenters. The summed E-state index contributed by atoms with van der Waals surface area (Å²) in [5, 5.41) is 3.23. The number of hydrogen-bond donors (Lipinski definition) is 2. The molecular weight excluding hydrogens is 266 g/mol. The fourth-order valence-corrected chi connectivity index (χ4v) is 1.99. The number of nitrogens with zero attached hydrogens (tertiary/aromatic N) is 1. The summed E-state index contributed by atoms with van der Waals surface area (Å²) in [5.41, 5.74) is 6.44. The Morgan fingerprint density at radius 1 is 1.42 bits per heavy atom. The molecule has 0 heterocycles. The van der Waals surface area contributed by atoms with Crippen molar-refractivity contribution in [2.24, 2.45) is 0 Å². The van der Waals surface area contributed by atoms with Gasteiger partial charge in [-0.1, -0.05) is 11.6 Å². The molecule has 3 N–H and O–H groups in total. The topological polar surface area (TPSA) is 75.4 Å².